The number of hydrogen-bond acceptors (Lipinski definition) is 3. The van der Waals surface area contributed by atoms with Gasteiger partial charge >= 0.3 is 0 Å². The van der Waals surface area contributed by atoms with Gasteiger partial charge in [-0.3, -0.25) is 14.4 Å². The Morgan fingerprint density at radius 2 is 1.83 bits per heavy atom. The first-order valence-corrected chi connectivity index (χ1v) is 11.6. The highest BCUT2D eigenvalue weighted by molar-refractivity contribution is 5.90. The van der Waals surface area contributed by atoms with E-state index in [2.05, 4.69) is 19.9 Å². The van der Waals surface area contributed by atoms with Crippen molar-refractivity contribution in [3.63, 3.8) is 0 Å². The van der Waals surface area contributed by atoms with Gasteiger partial charge in [-0.25, -0.2) is 0 Å². The van der Waals surface area contributed by atoms with Crippen LogP contribution in [0.2, 0.25) is 0 Å². The molecule has 0 aliphatic heterocycles. The van der Waals surface area contributed by atoms with Gasteiger partial charge in [-0.1, -0.05) is 31.9 Å². The Hall–Kier alpha value is -1.45. The van der Waals surface area contributed by atoms with Crippen molar-refractivity contribution in [2.75, 3.05) is 14.1 Å². The fourth-order valence-electron chi connectivity index (χ4n) is 7.50. The van der Waals surface area contributed by atoms with E-state index in [4.69, 9.17) is 0 Å². The van der Waals surface area contributed by atoms with Crippen molar-refractivity contribution in [2.24, 2.45) is 34.5 Å². The number of carbonyl (C=O) groups is 3. The quantitative estimate of drug-likeness (QED) is 0.639. The summed E-state index contributed by atoms with van der Waals surface area (Å²) in [7, 11) is 3.54. The Morgan fingerprint density at radius 3 is 2.55 bits per heavy atom. The normalized spacial score (nSPS) is 42.1. The van der Waals surface area contributed by atoms with Crippen molar-refractivity contribution in [3.05, 3.63) is 11.6 Å². The van der Waals surface area contributed by atoms with Gasteiger partial charge in [0.25, 0.3) is 0 Å². The molecule has 3 fully saturated rings. The Bertz CT molecular complexity index is 753. The van der Waals surface area contributed by atoms with Crippen molar-refractivity contribution in [1.29, 1.82) is 0 Å². The van der Waals surface area contributed by atoms with Crippen LogP contribution in [-0.4, -0.2) is 36.5 Å². The first-order valence-electron chi connectivity index (χ1n) is 11.6. The summed E-state index contributed by atoms with van der Waals surface area (Å²) < 4.78 is 0. The number of Topliss-reactive ketones (excluding diaryl/α,β-unsaturated/α-hetero) is 2. The summed E-state index contributed by atoms with van der Waals surface area (Å²) in [4.78, 5) is 39.7. The number of allylic oxidation sites excluding steroid dienone is 2. The van der Waals surface area contributed by atoms with Crippen LogP contribution in [0.4, 0.5) is 0 Å². The number of nitrogens with zero attached hydrogens (tertiary/aromatic N) is 1. The van der Waals surface area contributed by atoms with Crippen LogP contribution in [0.25, 0.3) is 0 Å². The molecule has 6 unspecified atom stereocenters. The second kappa shape index (κ2) is 7.35. The predicted octanol–water partition coefficient (Wildman–Crippen LogP) is 4.57. The molecule has 0 aromatic heterocycles. The fraction of sp³-hybridized carbons (Fsp3) is 0.800. The number of amides is 1. The molecule has 4 nitrogen and oxygen atoms in total. The number of rotatable bonds is 2. The van der Waals surface area contributed by atoms with Gasteiger partial charge in [0, 0.05) is 44.7 Å². The standard InChI is InChI=1S/C25H37NO3/c1-24-12-6-9-19-18(20(24)10-11-22(24)28)8-5-7-17-14-21(27)16(15-25(17,19)2)13-23(29)26(3)4/h7,16,18-20H,5-6,8-15H2,1-4H3. The zero-order valence-corrected chi connectivity index (χ0v) is 18.6. The zero-order chi connectivity index (χ0) is 21.0. The third-order valence-corrected chi connectivity index (χ3v) is 9.24. The maximum atomic E-state index is 12.9. The summed E-state index contributed by atoms with van der Waals surface area (Å²) in [6.07, 6.45) is 11.3. The van der Waals surface area contributed by atoms with E-state index in [1.54, 1.807) is 19.0 Å². The van der Waals surface area contributed by atoms with Crippen LogP contribution < -0.4 is 0 Å². The summed E-state index contributed by atoms with van der Waals surface area (Å²) >= 11 is 0. The molecule has 6 atom stereocenters. The van der Waals surface area contributed by atoms with Crippen LogP contribution >= 0.6 is 0 Å². The van der Waals surface area contributed by atoms with Gasteiger partial charge in [0.1, 0.15) is 11.6 Å². The van der Waals surface area contributed by atoms with Crippen molar-refractivity contribution in [1.82, 2.24) is 4.90 Å². The molecule has 0 N–H and O–H groups in total. The molecule has 0 aromatic carbocycles. The first kappa shape index (κ1) is 20.8. The van der Waals surface area contributed by atoms with Gasteiger partial charge in [-0.15, -0.1) is 0 Å². The number of fused-ring (bicyclic) bond motifs is 5. The van der Waals surface area contributed by atoms with Crippen molar-refractivity contribution >= 4 is 17.5 Å². The molecule has 4 aliphatic carbocycles. The van der Waals surface area contributed by atoms with Gasteiger partial charge in [0.2, 0.25) is 5.91 Å². The van der Waals surface area contributed by atoms with E-state index in [1.165, 1.54) is 5.57 Å². The topological polar surface area (TPSA) is 54.5 Å². The summed E-state index contributed by atoms with van der Waals surface area (Å²) in [5.74, 6) is 2.21. The molecule has 0 spiro atoms. The van der Waals surface area contributed by atoms with E-state index in [0.717, 1.165) is 51.4 Å². The lowest BCUT2D eigenvalue weighted by atomic mass is 9.55. The predicted molar refractivity (Wildman–Crippen MR) is 113 cm³/mol. The molecule has 4 aliphatic rings. The molecule has 0 bridgehead atoms. The smallest absolute Gasteiger partial charge is 0.222 e. The number of hydrogen-bond donors (Lipinski definition) is 0. The Morgan fingerprint density at radius 1 is 1.10 bits per heavy atom. The molecule has 0 radical (unpaired) electrons. The van der Waals surface area contributed by atoms with Gasteiger partial charge in [-0.2, -0.15) is 0 Å². The van der Waals surface area contributed by atoms with Gasteiger partial charge < -0.3 is 4.90 Å². The van der Waals surface area contributed by atoms with E-state index >= 15 is 0 Å². The van der Waals surface area contributed by atoms with Gasteiger partial charge in [-0.05, 0) is 61.7 Å². The average Bonchev–Trinajstić information content (AvgIpc) is 2.78. The van der Waals surface area contributed by atoms with Gasteiger partial charge in [0.15, 0.2) is 0 Å². The molecule has 0 heterocycles. The third-order valence-electron chi connectivity index (χ3n) is 9.24. The average molecular weight is 400 g/mol. The highest BCUT2D eigenvalue weighted by Crippen LogP contribution is 2.61. The molecule has 29 heavy (non-hydrogen) atoms. The van der Waals surface area contributed by atoms with Crippen LogP contribution in [-0.2, 0) is 14.4 Å². The summed E-state index contributed by atoms with van der Waals surface area (Å²) in [6.45, 7) is 4.61. The van der Waals surface area contributed by atoms with Crippen LogP contribution in [0.15, 0.2) is 11.6 Å². The van der Waals surface area contributed by atoms with Crippen LogP contribution in [0.1, 0.15) is 78.1 Å². The largest absolute Gasteiger partial charge is 0.349 e. The van der Waals surface area contributed by atoms with E-state index in [1.807, 2.05) is 0 Å². The summed E-state index contributed by atoms with van der Waals surface area (Å²) in [5, 5.41) is 0. The van der Waals surface area contributed by atoms with E-state index in [0.29, 0.717) is 36.4 Å². The minimum Gasteiger partial charge on any atom is -0.349 e. The molecule has 0 saturated heterocycles. The van der Waals surface area contributed by atoms with Crippen LogP contribution in [0.3, 0.4) is 0 Å². The maximum Gasteiger partial charge on any atom is 0.222 e. The highest BCUT2D eigenvalue weighted by atomic mass is 16.2. The van der Waals surface area contributed by atoms with Crippen molar-refractivity contribution in [3.8, 4) is 0 Å². The van der Waals surface area contributed by atoms with Crippen molar-refractivity contribution < 1.29 is 14.4 Å². The Balaban J connectivity index is 1.66. The minimum atomic E-state index is -0.161. The van der Waals surface area contributed by atoms with E-state index in [9.17, 15) is 14.4 Å². The molecular formula is C25H37NO3. The highest BCUT2D eigenvalue weighted by Gasteiger charge is 2.57. The lowest BCUT2D eigenvalue weighted by Gasteiger charge is -2.48. The third kappa shape index (κ3) is 3.31. The van der Waals surface area contributed by atoms with E-state index < -0.39 is 0 Å². The molecule has 0 aromatic rings. The second-order valence-electron chi connectivity index (χ2n) is 10.9. The molecule has 1 amide bonds. The second-order valence-corrected chi connectivity index (χ2v) is 10.9. The monoisotopic (exact) mass is 399 g/mol. The summed E-state index contributed by atoms with van der Waals surface area (Å²) in [6, 6.07) is 0. The summed E-state index contributed by atoms with van der Waals surface area (Å²) in [5.41, 5.74) is 1.19. The fourth-order valence-corrected chi connectivity index (χ4v) is 7.50. The van der Waals surface area contributed by atoms with Crippen molar-refractivity contribution in [2.45, 2.75) is 78.1 Å². The zero-order valence-electron chi connectivity index (χ0n) is 18.6. The number of ketones is 2. The molecule has 3 saturated carbocycles. The molecule has 4 rings (SSSR count). The lowest BCUT2D eigenvalue weighted by Crippen LogP contribution is -2.44. The lowest BCUT2D eigenvalue weighted by molar-refractivity contribution is -0.136. The maximum absolute atomic E-state index is 12.9. The number of carbonyl (C=O) groups excluding carboxylic acids is 3. The molecular weight excluding hydrogens is 362 g/mol. The first-order chi connectivity index (χ1) is 13.7. The van der Waals surface area contributed by atoms with Crippen LogP contribution in [0.5, 0.6) is 0 Å². The SMILES string of the molecule is CN(C)C(=O)CC1CC2(C)C(=CCCC3C4CCC(=O)C4(C)CCCC32)CC1=O. The van der Waals surface area contributed by atoms with E-state index in [-0.39, 0.29) is 28.4 Å². The molecule has 160 valence electrons. The Kier molecular flexibility index (Phi) is 5.28. The minimum absolute atomic E-state index is 0.0107. The molecule has 4 heteroatoms. The van der Waals surface area contributed by atoms with Gasteiger partial charge in [0.05, 0.1) is 0 Å². The Labute approximate surface area is 175 Å². The van der Waals surface area contributed by atoms with Crippen LogP contribution in [0, 0.1) is 34.5 Å².